The second-order valence-electron chi connectivity index (χ2n) is 6.06. The standard InChI is InChI=1S/C19H21ClN2O/c20-17-8-6-16(7-9-17)18(13-15-5-4-10-21-14-15)19(23)22-11-2-1-3-12-22/h4-10,14,18H,1-3,11-13H2. The Morgan fingerprint density at radius 3 is 2.52 bits per heavy atom. The van der Waals surface area contributed by atoms with Gasteiger partial charge >= 0.3 is 0 Å². The molecule has 0 radical (unpaired) electrons. The molecule has 3 nitrogen and oxygen atoms in total. The van der Waals surface area contributed by atoms with Gasteiger partial charge in [0.1, 0.15) is 0 Å². The number of carbonyl (C=O) groups excluding carboxylic acids is 1. The Balaban J connectivity index is 1.85. The lowest BCUT2D eigenvalue weighted by molar-refractivity contribution is -0.133. The molecule has 1 unspecified atom stereocenters. The van der Waals surface area contributed by atoms with Crippen LogP contribution < -0.4 is 0 Å². The highest BCUT2D eigenvalue weighted by Gasteiger charge is 2.27. The van der Waals surface area contributed by atoms with Gasteiger partial charge in [0.05, 0.1) is 5.92 Å². The number of hydrogen-bond donors (Lipinski definition) is 0. The van der Waals surface area contributed by atoms with Gasteiger partial charge in [-0.3, -0.25) is 9.78 Å². The fraction of sp³-hybridized carbons (Fsp3) is 0.368. The maximum absolute atomic E-state index is 13.1. The van der Waals surface area contributed by atoms with Gasteiger partial charge in [-0.05, 0) is 55.0 Å². The van der Waals surface area contributed by atoms with Crippen LogP contribution in [0.25, 0.3) is 0 Å². The van der Waals surface area contributed by atoms with Crippen molar-refractivity contribution in [3.8, 4) is 0 Å². The van der Waals surface area contributed by atoms with E-state index in [1.165, 1.54) is 6.42 Å². The van der Waals surface area contributed by atoms with Gasteiger partial charge in [0.15, 0.2) is 0 Å². The van der Waals surface area contributed by atoms with Gasteiger partial charge in [-0.2, -0.15) is 0 Å². The molecule has 2 heterocycles. The largest absolute Gasteiger partial charge is 0.342 e. The van der Waals surface area contributed by atoms with Gasteiger partial charge < -0.3 is 4.90 Å². The van der Waals surface area contributed by atoms with E-state index < -0.39 is 0 Å². The van der Waals surface area contributed by atoms with Crippen LogP contribution in [0.4, 0.5) is 0 Å². The normalized spacial score (nSPS) is 16.1. The van der Waals surface area contributed by atoms with E-state index in [9.17, 15) is 4.79 Å². The van der Waals surface area contributed by atoms with E-state index >= 15 is 0 Å². The lowest BCUT2D eigenvalue weighted by Crippen LogP contribution is -2.39. The van der Waals surface area contributed by atoms with Gasteiger partial charge in [0.2, 0.25) is 5.91 Å². The molecule has 1 aliphatic heterocycles. The Morgan fingerprint density at radius 2 is 1.87 bits per heavy atom. The number of likely N-dealkylation sites (tertiary alicyclic amines) is 1. The summed E-state index contributed by atoms with van der Waals surface area (Å²) < 4.78 is 0. The molecule has 4 heteroatoms. The van der Waals surface area contributed by atoms with Gasteiger partial charge in [-0.15, -0.1) is 0 Å². The summed E-state index contributed by atoms with van der Waals surface area (Å²) in [5.74, 6) is 0.0467. The highest BCUT2D eigenvalue weighted by molar-refractivity contribution is 6.30. The topological polar surface area (TPSA) is 33.2 Å². The van der Waals surface area contributed by atoms with E-state index in [0.29, 0.717) is 11.4 Å². The second kappa shape index (κ2) is 7.60. The number of rotatable bonds is 4. The molecule has 1 aromatic carbocycles. The van der Waals surface area contributed by atoms with Crippen molar-refractivity contribution >= 4 is 17.5 Å². The molecule has 0 bridgehead atoms. The summed E-state index contributed by atoms with van der Waals surface area (Å²) in [5.41, 5.74) is 2.10. The summed E-state index contributed by atoms with van der Waals surface area (Å²) >= 11 is 6.00. The number of piperidine rings is 1. The average molecular weight is 329 g/mol. The second-order valence-corrected chi connectivity index (χ2v) is 6.49. The Morgan fingerprint density at radius 1 is 1.13 bits per heavy atom. The highest BCUT2D eigenvalue weighted by atomic mass is 35.5. The van der Waals surface area contributed by atoms with Crippen LogP contribution in [0, 0.1) is 0 Å². The molecule has 2 aromatic rings. The highest BCUT2D eigenvalue weighted by Crippen LogP contribution is 2.26. The van der Waals surface area contributed by atoms with Gasteiger partial charge in [0, 0.05) is 30.5 Å². The first-order valence-electron chi connectivity index (χ1n) is 8.17. The third-order valence-electron chi connectivity index (χ3n) is 4.40. The lowest BCUT2D eigenvalue weighted by Gasteiger charge is -2.30. The summed E-state index contributed by atoms with van der Waals surface area (Å²) in [4.78, 5) is 19.2. The van der Waals surface area contributed by atoms with Crippen molar-refractivity contribution in [2.75, 3.05) is 13.1 Å². The van der Waals surface area contributed by atoms with Crippen LogP contribution in [-0.2, 0) is 11.2 Å². The number of amides is 1. The monoisotopic (exact) mass is 328 g/mol. The van der Waals surface area contributed by atoms with Crippen molar-refractivity contribution in [2.24, 2.45) is 0 Å². The predicted octanol–water partition coefficient (Wildman–Crippen LogP) is 4.07. The van der Waals surface area contributed by atoms with Crippen molar-refractivity contribution in [2.45, 2.75) is 31.6 Å². The zero-order valence-corrected chi connectivity index (χ0v) is 13.9. The quantitative estimate of drug-likeness (QED) is 0.847. The first-order chi connectivity index (χ1) is 11.2. The summed E-state index contributed by atoms with van der Waals surface area (Å²) in [6, 6.07) is 11.6. The van der Waals surface area contributed by atoms with Crippen LogP contribution in [0.5, 0.6) is 0 Å². The first-order valence-corrected chi connectivity index (χ1v) is 8.55. The summed E-state index contributed by atoms with van der Waals surface area (Å²) in [7, 11) is 0. The zero-order valence-electron chi connectivity index (χ0n) is 13.1. The van der Waals surface area contributed by atoms with E-state index in [1.54, 1.807) is 6.20 Å². The van der Waals surface area contributed by atoms with E-state index in [4.69, 9.17) is 11.6 Å². The van der Waals surface area contributed by atoms with E-state index in [0.717, 1.165) is 37.1 Å². The minimum atomic E-state index is -0.172. The maximum atomic E-state index is 13.1. The first kappa shape index (κ1) is 16.0. The molecular weight excluding hydrogens is 308 g/mol. The number of halogens is 1. The van der Waals surface area contributed by atoms with E-state index in [1.807, 2.05) is 47.5 Å². The minimum Gasteiger partial charge on any atom is -0.342 e. The molecule has 120 valence electrons. The molecule has 0 N–H and O–H groups in total. The minimum absolute atomic E-state index is 0.172. The number of aromatic nitrogens is 1. The third kappa shape index (κ3) is 4.11. The molecular formula is C19H21ClN2O. The Kier molecular flexibility index (Phi) is 5.29. The van der Waals surface area contributed by atoms with Crippen LogP contribution in [0.3, 0.4) is 0 Å². The number of pyridine rings is 1. The van der Waals surface area contributed by atoms with Gasteiger partial charge in [-0.1, -0.05) is 29.8 Å². The van der Waals surface area contributed by atoms with Gasteiger partial charge in [0.25, 0.3) is 0 Å². The Labute approximate surface area is 142 Å². The number of hydrogen-bond acceptors (Lipinski definition) is 2. The molecule has 1 aliphatic rings. The molecule has 0 spiro atoms. The number of nitrogens with zero attached hydrogens (tertiary/aromatic N) is 2. The molecule has 1 saturated heterocycles. The summed E-state index contributed by atoms with van der Waals surface area (Å²) in [5, 5.41) is 0.694. The smallest absolute Gasteiger partial charge is 0.230 e. The van der Waals surface area contributed by atoms with Crippen molar-refractivity contribution in [3.63, 3.8) is 0 Å². The van der Waals surface area contributed by atoms with Crippen LogP contribution in [0.1, 0.15) is 36.3 Å². The van der Waals surface area contributed by atoms with Crippen LogP contribution in [0.2, 0.25) is 5.02 Å². The maximum Gasteiger partial charge on any atom is 0.230 e. The average Bonchev–Trinajstić information content (AvgIpc) is 2.62. The molecule has 1 amide bonds. The summed E-state index contributed by atoms with van der Waals surface area (Å²) in [6.45, 7) is 1.74. The summed E-state index contributed by atoms with van der Waals surface area (Å²) in [6.07, 6.45) is 7.69. The van der Waals surface area contributed by atoms with Crippen molar-refractivity contribution in [1.29, 1.82) is 0 Å². The van der Waals surface area contributed by atoms with E-state index in [2.05, 4.69) is 4.98 Å². The predicted molar refractivity (Wildman–Crippen MR) is 92.6 cm³/mol. The van der Waals surface area contributed by atoms with E-state index in [-0.39, 0.29) is 11.8 Å². The molecule has 1 fully saturated rings. The molecule has 1 aromatic heterocycles. The van der Waals surface area contributed by atoms with Crippen molar-refractivity contribution in [1.82, 2.24) is 9.88 Å². The molecule has 0 aliphatic carbocycles. The van der Waals surface area contributed by atoms with Gasteiger partial charge in [-0.25, -0.2) is 0 Å². The lowest BCUT2D eigenvalue weighted by atomic mass is 9.90. The number of benzene rings is 1. The third-order valence-corrected chi connectivity index (χ3v) is 4.65. The fourth-order valence-corrected chi connectivity index (χ4v) is 3.26. The van der Waals surface area contributed by atoms with Crippen molar-refractivity contribution in [3.05, 3.63) is 64.9 Å². The SMILES string of the molecule is O=C(C(Cc1cccnc1)c1ccc(Cl)cc1)N1CCCCC1. The number of carbonyl (C=O) groups is 1. The molecule has 1 atom stereocenters. The molecule has 0 saturated carbocycles. The van der Waals surface area contributed by atoms with Crippen molar-refractivity contribution < 1.29 is 4.79 Å². The Bertz CT molecular complexity index is 636. The molecule has 3 rings (SSSR count). The van der Waals surface area contributed by atoms with Crippen LogP contribution in [-0.4, -0.2) is 28.9 Å². The zero-order chi connectivity index (χ0) is 16.1. The molecule has 23 heavy (non-hydrogen) atoms. The Hall–Kier alpha value is -1.87. The van der Waals surface area contributed by atoms with Crippen LogP contribution >= 0.6 is 11.6 Å². The fourth-order valence-electron chi connectivity index (χ4n) is 3.13. The van der Waals surface area contributed by atoms with Crippen LogP contribution in [0.15, 0.2) is 48.8 Å².